The van der Waals surface area contributed by atoms with Gasteiger partial charge in [-0.05, 0) is 48.8 Å². The average Bonchev–Trinajstić information content (AvgIpc) is 2.40. The first-order chi connectivity index (χ1) is 9.11. The van der Waals surface area contributed by atoms with E-state index in [2.05, 4.69) is 18.3 Å². The van der Waals surface area contributed by atoms with Crippen molar-refractivity contribution >= 4 is 0 Å². The zero-order chi connectivity index (χ0) is 13.7. The molecule has 1 aliphatic rings. The van der Waals surface area contributed by atoms with Crippen LogP contribution in [0.25, 0.3) is 0 Å². The van der Waals surface area contributed by atoms with Crippen molar-refractivity contribution in [3.8, 4) is 6.07 Å². The molecule has 0 unspecified atom stereocenters. The van der Waals surface area contributed by atoms with Crippen LogP contribution in [-0.2, 0) is 6.54 Å². The first kappa shape index (κ1) is 14.0. The van der Waals surface area contributed by atoms with Crippen molar-refractivity contribution in [1.29, 1.82) is 5.26 Å². The minimum Gasteiger partial charge on any atom is -0.310 e. The van der Waals surface area contributed by atoms with Crippen LogP contribution in [0.1, 0.15) is 44.6 Å². The van der Waals surface area contributed by atoms with Gasteiger partial charge < -0.3 is 5.32 Å². The van der Waals surface area contributed by atoms with E-state index in [1.807, 2.05) is 12.1 Å². The maximum Gasteiger partial charge on any atom is 0.123 e. The van der Waals surface area contributed by atoms with Crippen LogP contribution in [0, 0.1) is 22.6 Å². The van der Waals surface area contributed by atoms with Crippen molar-refractivity contribution in [3.05, 3.63) is 35.6 Å². The van der Waals surface area contributed by atoms with Crippen molar-refractivity contribution in [2.45, 2.75) is 51.6 Å². The van der Waals surface area contributed by atoms with Gasteiger partial charge in [-0.25, -0.2) is 4.39 Å². The van der Waals surface area contributed by atoms with Crippen LogP contribution in [0.4, 0.5) is 4.39 Å². The third-order valence-electron chi connectivity index (χ3n) is 4.21. The topological polar surface area (TPSA) is 35.8 Å². The number of hydrogen-bond donors (Lipinski definition) is 1. The second-order valence-electron chi connectivity index (χ2n) is 5.93. The van der Waals surface area contributed by atoms with Gasteiger partial charge in [-0.1, -0.05) is 19.1 Å². The predicted molar refractivity (Wildman–Crippen MR) is 73.8 cm³/mol. The number of halogens is 1. The summed E-state index contributed by atoms with van der Waals surface area (Å²) in [5.41, 5.74) is 1.33. The SMILES string of the molecule is C[C@]1(CC#N)CC[C@@H](NCc2ccc(F)cc2)CC1. The fraction of sp³-hybridized carbons (Fsp3) is 0.562. The number of benzene rings is 1. The first-order valence-corrected chi connectivity index (χ1v) is 6.96. The summed E-state index contributed by atoms with van der Waals surface area (Å²) in [6.45, 7) is 3.01. The molecule has 1 aromatic carbocycles. The number of rotatable bonds is 4. The van der Waals surface area contributed by atoms with Crippen LogP contribution >= 0.6 is 0 Å². The molecule has 1 saturated carbocycles. The molecule has 0 saturated heterocycles. The molecular weight excluding hydrogens is 239 g/mol. The van der Waals surface area contributed by atoms with Crippen LogP contribution < -0.4 is 5.32 Å². The lowest BCUT2D eigenvalue weighted by molar-refractivity contribution is 0.188. The molecule has 0 heterocycles. The van der Waals surface area contributed by atoms with Crippen molar-refractivity contribution < 1.29 is 4.39 Å². The number of hydrogen-bond acceptors (Lipinski definition) is 2. The largest absolute Gasteiger partial charge is 0.310 e. The van der Waals surface area contributed by atoms with E-state index in [1.165, 1.54) is 12.1 Å². The Balaban J connectivity index is 1.77. The summed E-state index contributed by atoms with van der Waals surface area (Å²) in [6, 6.07) is 9.48. The predicted octanol–water partition coefficient (Wildman–Crippen LogP) is 3.78. The second-order valence-corrected chi connectivity index (χ2v) is 5.93. The number of nitrogens with zero attached hydrogens (tertiary/aromatic N) is 1. The number of nitrogens with one attached hydrogen (secondary N) is 1. The Kier molecular flexibility index (Phi) is 4.55. The van der Waals surface area contributed by atoms with Gasteiger partial charge >= 0.3 is 0 Å². The minimum atomic E-state index is -0.186. The molecule has 0 spiro atoms. The van der Waals surface area contributed by atoms with Gasteiger partial charge in [-0.3, -0.25) is 0 Å². The molecule has 2 nitrogen and oxygen atoms in total. The molecule has 102 valence electrons. The molecular formula is C16H21FN2. The highest BCUT2D eigenvalue weighted by Gasteiger charge is 2.30. The molecule has 1 N–H and O–H groups in total. The fourth-order valence-electron chi connectivity index (χ4n) is 2.75. The normalized spacial score (nSPS) is 26.9. The smallest absolute Gasteiger partial charge is 0.123 e. The first-order valence-electron chi connectivity index (χ1n) is 6.96. The van der Waals surface area contributed by atoms with Crippen LogP contribution in [-0.4, -0.2) is 6.04 Å². The maximum atomic E-state index is 12.8. The van der Waals surface area contributed by atoms with Crippen molar-refractivity contribution in [2.75, 3.05) is 0 Å². The highest BCUT2D eigenvalue weighted by atomic mass is 19.1. The quantitative estimate of drug-likeness (QED) is 0.894. The lowest BCUT2D eigenvalue weighted by Crippen LogP contribution is -2.36. The van der Waals surface area contributed by atoms with Gasteiger partial charge in [0.15, 0.2) is 0 Å². The van der Waals surface area contributed by atoms with Crippen molar-refractivity contribution in [3.63, 3.8) is 0 Å². The van der Waals surface area contributed by atoms with Gasteiger partial charge in [0.2, 0.25) is 0 Å². The van der Waals surface area contributed by atoms with Crippen molar-refractivity contribution in [2.24, 2.45) is 5.41 Å². The van der Waals surface area contributed by atoms with Gasteiger partial charge in [0.1, 0.15) is 5.82 Å². The lowest BCUT2D eigenvalue weighted by atomic mass is 9.72. The lowest BCUT2D eigenvalue weighted by Gasteiger charge is -2.36. The molecule has 19 heavy (non-hydrogen) atoms. The molecule has 0 atom stereocenters. The fourth-order valence-corrected chi connectivity index (χ4v) is 2.75. The van der Waals surface area contributed by atoms with Gasteiger partial charge in [0.05, 0.1) is 6.07 Å². The summed E-state index contributed by atoms with van der Waals surface area (Å²) in [5.74, 6) is -0.186. The Bertz CT molecular complexity index is 439. The molecule has 3 heteroatoms. The van der Waals surface area contributed by atoms with Crippen LogP contribution in [0.5, 0.6) is 0 Å². The Morgan fingerprint density at radius 3 is 2.53 bits per heavy atom. The summed E-state index contributed by atoms with van der Waals surface area (Å²) in [5, 5.41) is 12.4. The molecule has 1 fully saturated rings. The van der Waals surface area contributed by atoms with E-state index in [-0.39, 0.29) is 11.2 Å². The third-order valence-corrected chi connectivity index (χ3v) is 4.21. The minimum absolute atomic E-state index is 0.186. The van der Waals surface area contributed by atoms with E-state index in [1.54, 1.807) is 0 Å². The maximum absolute atomic E-state index is 12.8. The summed E-state index contributed by atoms with van der Waals surface area (Å²) < 4.78 is 12.8. The van der Waals surface area contributed by atoms with Gasteiger partial charge in [0, 0.05) is 19.0 Å². The average molecular weight is 260 g/mol. The summed E-state index contributed by atoms with van der Waals surface area (Å²) in [6.07, 6.45) is 5.14. The highest BCUT2D eigenvalue weighted by molar-refractivity contribution is 5.15. The zero-order valence-corrected chi connectivity index (χ0v) is 11.5. The van der Waals surface area contributed by atoms with E-state index in [0.29, 0.717) is 12.5 Å². The Morgan fingerprint density at radius 1 is 1.32 bits per heavy atom. The summed E-state index contributed by atoms with van der Waals surface area (Å²) in [4.78, 5) is 0. The van der Waals surface area contributed by atoms with E-state index in [0.717, 1.165) is 37.8 Å². The van der Waals surface area contributed by atoms with Gasteiger partial charge in [-0.15, -0.1) is 0 Å². The van der Waals surface area contributed by atoms with Gasteiger partial charge in [-0.2, -0.15) is 5.26 Å². The molecule has 0 amide bonds. The third kappa shape index (κ3) is 4.04. The summed E-state index contributed by atoms with van der Waals surface area (Å²) in [7, 11) is 0. The number of nitriles is 1. The Labute approximate surface area is 114 Å². The monoisotopic (exact) mass is 260 g/mol. The van der Waals surface area contributed by atoms with E-state index in [4.69, 9.17) is 5.26 Å². The Morgan fingerprint density at radius 2 is 1.95 bits per heavy atom. The van der Waals surface area contributed by atoms with Crippen LogP contribution in [0.2, 0.25) is 0 Å². The molecule has 0 aliphatic heterocycles. The van der Waals surface area contributed by atoms with Gasteiger partial charge in [0.25, 0.3) is 0 Å². The van der Waals surface area contributed by atoms with E-state index >= 15 is 0 Å². The molecule has 0 radical (unpaired) electrons. The summed E-state index contributed by atoms with van der Waals surface area (Å²) >= 11 is 0. The molecule has 1 aromatic rings. The molecule has 0 bridgehead atoms. The standard InChI is InChI=1S/C16H21FN2/c1-16(10-11-18)8-6-15(7-9-16)19-12-13-2-4-14(17)5-3-13/h2-5,15,19H,6-10,12H2,1H3/t15-,16+. The van der Waals surface area contributed by atoms with Crippen LogP contribution in [0.15, 0.2) is 24.3 Å². The van der Waals surface area contributed by atoms with Crippen molar-refractivity contribution in [1.82, 2.24) is 5.32 Å². The zero-order valence-electron chi connectivity index (χ0n) is 11.5. The molecule has 0 aromatic heterocycles. The van der Waals surface area contributed by atoms with E-state index in [9.17, 15) is 4.39 Å². The van der Waals surface area contributed by atoms with E-state index < -0.39 is 0 Å². The molecule has 2 rings (SSSR count). The highest BCUT2D eigenvalue weighted by Crippen LogP contribution is 2.38. The second kappa shape index (κ2) is 6.16. The Hall–Kier alpha value is -1.40. The molecule has 1 aliphatic carbocycles. The van der Waals surface area contributed by atoms with Crippen LogP contribution in [0.3, 0.4) is 0 Å².